The fourth-order valence-corrected chi connectivity index (χ4v) is 4.45. The minimum Gasteiger partial charge on any atom is -0.297 e. The fourth-order valence-electron chi connectivity index (χ4n) is 1.35. The zero-order valence-electron chi connectivity index (χ0n) is 8.27. The highest BCUT2D eigenvalue weighted by Gasteiger charge is 2.12. The average molecular weight is 345 g/mol. The second-order valence-corrected chi connectivity index (χ2v) is 7.62. The first kappa shape index (κ1) is 11.3. The number of hydrogen-bond donors (Lipinski definition) is 1. The number of thiazole rings is 1. The highest BCUT2D eigenvalue weighted by molar-refractivity contribution is 9.11. The number of aromatic nitrogens is 1. The molecule has 0 saturated carbocycles. The van der Waals surface area contributed by atoms with Crippen molar-refractivity contribution in [1.29, 1.82) is 0 Å². The topological polar surface area (TPSA) is 42.0 Å². The second kappa shape index (κ2) is 4.49. The molecule has 3 nitrogen and oxygen atoms in total. The standard InChI is InChI=1S/C10H5BrN2OS3/c11-8-4-12-10(17-8)13-9(14)7-3-6-5(16-7)1-2-15-6/h1-4H,(H,12,13,14). The van der Waals surface area contributed by atoms with Crippen LogP contribution < -0.4 is 5.32 Å². The van der Waals surface area contributed by atoms with Gasteiger partial charge >= 0.3 is 0 Å². The average Bonchev–Trinajstić information content (AvgIpc) is 2.92. The third kappa shape index (κ3) is 2.28. The number of fused-ring (bicyclic) bond motifs is 1. The Labute approximate surface area is 117 Å². The summed E-state index contributed by atoms with van der Waals surface area (Å²) in [6, 6.07) is 3.95. The number of rotatable bonds is 2. The summed E-state index contributed by atoms with van der Waals surface area (Å²) in [5, 5.41) is 5.42. The van der Waals surface area contributed by atoms with Crippen molar-refractivity contribution < 1.29 is 4.79 Å². The Kier molecular flexibility index (Phi) is 2.99. The Hall–Kier alpha value is -0.760. The number of carbonyl (C=O) groups excluding carboxylic acids is 1. The normalized spacial score (nSPS) is 10.9. The molecular formula is C10H5BrN2OS3. The van der Waals surface area contributed by atoms with E-state index in [0.29, 0.717) is 5.13 Å². The summed E-state index contributed by atoms with van der Waals surface area (Å²) in [6.07, 6.45) is 1.67. The maximum absolute atomic E-state index is 11.9. The number of thiophene rings is 2. The summed E-state index contributed by atoms with van der Waals surface area (Å²) in [6.45, 7) is 0. The number of anilines is 1. The predicted octanol–water partition coefficient (Wildman–Crippen LogP) is 4.43. The van der Waals surface area contributed by atoms with Gasteiger partial charge in [0.25, 0.3) is 5.91 Å². The van der Waals surface area contributed by atoms with Gasteiger partial charge in [0.15, 0.2) is 5.13 Å². The molecule has 0 unspecified atom stereocenters. The van der Waals surface area contributed by atoms with Gasteiger partial charge < -0.3 is 0 Å². The summed E-state index contributed by atoms with van der Waals surface area (Å²) in [4.78, 5) is 16.7. The van der Waals surface area contributed by atoms with Crippen LogP contribution in [0.3, 0.4) is 0 Å². The van der Waals surface area contributed by atoms with Crippen molar-refractivity contribution in [3.8, 4) is 0 Å². The Morgan fingerprint density at radius 3 is 2.94 bits per heavy atom. The van der Waals surface area contributed by atoms with Gasteiger partial charge in [0.1, 0.15) is 0 Å². The largest absolute Gasteiger partial charge is 0.297 e. The Morgan fingerprint density at radius 2 is 2.24 bits per heavy atom. The van der Waals surface area contributed by atoms with Crippen molar-refractivity contribution in [1.82, 2.24) is 4.98 Å². The molecule has 0 radical (unpaired) electrons. The zero-order chi connectivity index (χ0) is 11.8. The first-order valence-electron chi connectivity index (χ1n) is 4.62. The van der Waals surface area contributed by atoms with Gasteiger partial charge in [0, 0.05) is 9.40 Å². The van der Waals surface area contributed by atoms with Crippen LogP contribution in [0.2, 0.25) is 0 Å². The first-order valence-corrected chi connectivity index (χ1v) is 7.92. The van der Waals surface area contributed by atoms with E-state index in [4.69, 9.17) is 0 Å². The van der Waals surface area contributed by atoms with Crippen molar-refractivity contribution in [2.45, 2.75) is 0 Å². The number of halogens is 1. The van der Waals surface area contributed by atoms with E-state index in [2.05, 4.69) is 26.2 Å². The Bertz CT molecular complexity index is 656. The molecule has 0 spiro atoms. The lowest BCUT2D eigenvalue weighted by Gasteiger charge is -1.96. The second-order valence-electron chi connectivity index (χ2n) is 3.18. The van der Waals surface area contributed by atoms with E-state index in [-0.39, 0.29) is 5.91 Å². The summed E-state index contributed by atoms with van der Waals surface area (Å²) in [5.74, 6) is -0.0970. The van der Waals surface area contributed by atoms with Gasteiger partial charge in [-0.15, -0.1) is 22.7 Å². The monoisotopic (exact) mass is 344 g/mol. The molecule has 0 saturated heterocycles. The maximum atomic E-state index is 11.9. The fraction of sp³-hybridized carbons (Fsp3) is 0. The molecule has 3 rings (SSSR count). The van der Waals surface area contributed by atoms with Crippen LogP contribution in [-0.4, -0.2) is 10.9 Å². The van der Waals surface area contributed by atoms with Crippen LogP contribution >= 0.6 is 49.9 Å². The molecule has 0 atom stereocenters. The van der Waals surface area contributed by atoms with E-state index in [1.54, 1.807) is 17.5 Å². The molecule has 7 heteroatoms. The van der Waals surface area contributed by atoms with Gasteiger partial charge in [-0.25, -0.2) is 4.98 Å². The Morgan fingerprint density at radius 1 is 1.35 bits per heavy atom. The minimum absolute atomic E-state index is 0.0970. The molecule has 1 N–H and O–H groups in total. The van der Waals surface area contributed by atoms with Crippen molar-refractivity contribution in [2.75, 3.05) is 5.32 Å². The summed E-state index contributed by atoms with van der Waals surface area (Å²) in [7, 11) is 0. The van der Waals surface area contributed by atoms with Gasteiger partial charge in [-0.1, -0.05) is 11.3 Å². The van der Waals surface area contributed by atoms with E-state index in [9.17, 15) is 4.79 Å². The van der Waals surface area contributed by atoms with Crippen LogP contribution in [0.15, 0.2) is 27.5 Å². The van der Waals surface area contributed by atoms with Gasteiger partial charge in [-0.05, 0) is 33.4 Å². The van der Waals surface area contributed by atoms with E-state index < -0.39 is 0 Å². The molecule has 0 aromatic carbocycles. The van der Waals surface area contributed by atoms with Crippen LogP contribution in [0, 0.1) is 0 Å². The molecule has 3 heterocycles. The molecule has 0 fully saturated rings. The zero-order valence-corrected chi connectivity index (χ0v) is 12.3. The summed E-state index contributed by atoms with van der Waals surface area (Å²) < 4.78 is 3.21. The van der Waals surface area contributed by atoms with Crippen LogP contribution in [0.25, 0.3) is 9.40 Å². The number of nitrogens with zero attached hydrogens (tertiary/aromatic N) is 1. The molecule has 1 amide bonds. The third-order valence-electron chi connectivity index (χ3n) is 2.06. The highest BCUT2D eigenvalue weighted by atomic mass is 79.9. The molecule has 3 aromatic heterocycles. The first-order chi connectivity index (χ1) is 8.22. The predicted molar refractivity (Wildman–Crippen MR) is 77.5 cm³/mol. The lowest BCUT2D eigenvalue weighted by atomic mass is 10.4. The third-order valence-corrected chi connectivity index (χ3v) is 5.54. The maximum Gasteiger partial charge on any atom is 0.267 e. The molecule has 86 valence electrons. The minimum atomic E-state index is -0.0970. The number of nitrogens with one attached hydrogen (secondary N) is 1. The van der Waals surface area contributed by atoms with Crippen molar-refractivity contribution >= 4 is 70.4 Å². The molecule has 17 heavy (non-hydrogen) atoms. The van der Waals surface area contributed by atoms with Gasteiger partial charge in [0.05, 0.1) is 14.9 Å². The summed E-state index contributed by atoms with van der Waals surface area (Å²) >= 11 is 7.86. The Balaban J connectivity index is 1.84. The van der Waals surface area contributed by atoms with E-state index in [1.165, 1.54) is 22.7 Å². The van der Waals surface area contributed by atoms with Gasteiger partial charge in [0.2, 0.25) is 0 Å². The molecule has 0 aliphatic rings. The lowest BCUT2D eigenvalue weighted by Crippen LogP contribution is -2.09. The molecule has 3 aromatic rings. The van der Waals surface area contributed by atoms with Crippen molar-refractivity contribution in [2.24, 2.45) is 0 Å². The van der Waals surface area contributed by atoms with Gasteiger partial charge in [-0.3, -0.25) is 10.1 Å². The summed E-state index contributed by atoms with van der Waals surface area (Å²) in [5.41, 5.74) is 0. The van der Waals surface area contributed by atoms with Crippen molar-refractivity contribution in [3.05, 3.63) is 32.4 Å². The number of amides is 1. The lowest BCUT2D eigenvalue weighted by molar-refractivity contribution is 0.103. The smallest absolute Gasteiger partial charge is 0.267 e. The van der Waals surface area contributed by atoms with Crippen LogP contribution in [0.1, 0.15) is 9.67 Å². The SMILES string of the molecule is O=C(Nc1ncc(Br)s1)c1cc2sccc2s1. The number of carbonyl (C=O) groups is 1. The molecule has 0 aliphatic heterocycles. The van der Waals surface area contributed by atoms with Crippen LogP contribution in [0.5, 0.6) is 0 Å². The van der Waals surface area contributed by atoms with Crippen molar-refractivity contribution in [3.63, 3.8) is 0 Å². The molecule has 0 aliphatic carbocycles. The van der Waals surface area contributed by atoms with Gasteiger partial charge in [-0.2, -0.15) is 0 Å². The van der Waals surface area contributed by atoms with Crippen LogP contribution in [-0.2, 0) is 0 Å². The molecular weight excluding hydrogens is 340 g/mol. The molecule has 0 bridgehead atoms. The van der Waals surface area contributed by atoms with E-state index >= 15 is 0 Å². The quantitative estimate of drug-likeness (QED) is 0.746. The van der Waals surface area contributed by atoms with E-state index in [0.717, 1.165) is 18.1 Å². The van der Waals surface area contributed by atoms with E-state index in [1.807, 2.05) is 17.5 Å². The number of hydrogen-bond acceptors (Lipinski definition) is 5. The highest BCUT2D eigenvalue weighted by Crippen LogP contribution is 2.31. The van der Waals surface area contributed by atoms with Crippen LogP contribution in [0.4, 0.5) is 5.13 Å².